The van der Waals surface area contributed by atoms with Crippen molar-refractivity contribution in [3.8, 4) is 0 Å². The zero-order valence-electron chi connectivity index (χ0n) is 12.3. The third-order valence-electron chi connectivity index (χ3n) is 3.22. The molecule has 4 nitrogen and oxygen atoms in total. The normalized spacial score (nSPS) is 10.2. The van der Waals surface area contributed by atoms with E-state index < -0.39 is 0 Å². The Balaban J connectivity index is 2.26. The smallest absolute Gasteiger partial charge is 0.259 e. The van der Waals surface area contributed by atoms with E-state index in [0.29, 0.717) is 11.4 Å². The van der Waals surface area contributed by atoms with Crippen molar-refractivity contribution in [3.63, 3.8) is 0 Å². The molecule has 0 saturated carbocycles. The van der Waals surface area contributed by atoms with Crippen LogP contribution in [0.3, 0.4) is 0 Å². The molecule has 0 unspecified atom stereocenters. The molecule has 0 spiro atoms. The Labute approximate surface area is 119 Å². The van der Waals surface area contributed by atoms with Gasteiger partial charge in [-0.1, -0.05) is 6.07 Å². The van der Waals surface area contributed by atoms with E-state index in [-0.39, 0.29) is 5.91 Å². The summed E-state index contributed by atoms with van der Waals surface area (Å²) in [6, 6.07) is 9.42. The largest absolute Gasteiger partial charge is 0.362 e. The lowest BCUT2D eigenvalue weighted by Crippen LogP contribution is -2.19. The number of anilines is 2. The van der Waals surface area contributed by atoms with Gasteiger partial charge in [-0.25, -0.2) is 4.98 Å². The summed E-state index contributed by atoms with van der Waals surface area (Å²) in [7, 11) is 3.74. The van der Waals surface area contributed by atoms with E-state index in [4.69, 9.17) is 0 Å². The molecule has 1 heterocycles. The average Bonchev–Trinajstić information content (AvgIpc) is 2.43. The van der Waals surface area contributed by atoms with Gasteiger partial charge in [-0.2, -0.15) is 0 Å². The Kier molecular flexibility index (Phi) is 4.03. The summed E-state index contributed by atoms with van der Waals surface area (Å²) < 4.78 is 0. The fourth-order valence-electron chi connectivity index (χ4n) is 1.95. The lowest BCUT2D eigenvalue weighted by molar-refractivity contribution is 0.102. The highest BCUT2D eigenvalue weighted by Gasteiger charge is 2.13. The van der Waals surface area contributed by atoms with Crippen LogP contribution in [0.25, 0.3) is 0 Å². The van der Waals surface area contributed by atoms with E-state index >= 15 is 0 Å². The van der Waals surface area contributed by atoms with Crippen LogP contribution in [0.2, 0.25) is 0 Å². The highest BCUT2D eigenvalue weighted by atomic mass is 16.1. The first-order chi connectivity index (χ1) is 9.49. The number of aryl methyl sites for hydroxylation is 2. The van der Waals surface area contributed by atoms with Crippen LogP contribution in [0.4, 0.5) is 11.5 Å². The van der Waals surface area contributed by atoms with Crippen molar-refractivity contribution in [3.05, 3.63) is 53.2 Å². The third-order valence-corrected chi connectivity index (χ3v) is 3.22. The van der Waals surface area contributed by atoms with Gasteiger partial charge in [-0.15, -0.1) is 0 Å². The van der Waals surface area contributed by atoms with Crippen molar-refractivity contribution in [2.75, 3.05) is 24.3 Å². The van der Waals surface area contributed by atoms with Gasteiger partial charge < -0.3 is 10.2 Å². The van der Waals surface area contributed by atoms with Crippen LogP contribution in [0.5, 0.6) is 0 Å². The Morgan fingerprint density at radius 2 is 1.90 bits per heavy atom. The van der Waals surface area contributed by atoms with Crippen molar-refractivity contribution < 1.29 is 4.79 Å². The highest BCUT2D eigenvalue weighted by Crippen LogP contribution is 2.18. The summed E-state index contributed by atoms with van der Waals surface area (Å²) in [5.41, 5.74) is 3.72. The van der Waals surface area contributed by atoms with Crippen molar-refractivity contribution in [1.82, 2.24) is 4.98 Å². The number of nitrogens with zero attached hydrogens (tertiary/aromatic N) is 2. The number of nitrogens with one attached hydrogen (secondary N) is 1. The summed E-state index contributed by atoms with van der Waals surface area (Å²) in [5, 5.41) is 2.92. The van der Waals surface area contributed by atoms with Crippen molar-refractivity contribution in [2.24, 2.45) is 0 Å². The van der Waals surface area contributed by atoms with Gasteiger partial charge in [-0.05, 0) is 49.2 Å². The molecule has 0 aliphatic heterocycles. The Morgan fingerprint density at radius 3 is 2.55 bits per heavy atom. The summed E-state index contributed by atoms with van der Waals surface area (Å²) in [6.07, 6.45) is 1.68. The topological polar surface area (TPSA) is 45.2 Å². The minimum atomic E-state index is -0.148. The van der Waals surface area contributed by atoms with Gasteiger partial charge in [0, 0.05) is 26.0 Å². The lowest BCUT2D eigenvalue weighted by Gasteiger charge is -2.15. The SMILES string of the molecule is Cc1ccc(NC(=O)c2cccnc2N(C)C)cc1C. The molecule has 0 fully saturated rings. The number of pyridine rings is 1. The molecule has 2 rings (SSSR count). The first kappa shape index (κ1) is 14.1. The number of carbonyl (C=O) groups excluding carboxylic acids is 1. The van der Waals surface area contributed by atoms with Crippen LogP contribution in [0, 0.1) is 13.8 Å². The molecule has 0 saturated heterocycles. The fourth-order valence-corrected chi connectivity index (χ4v) is 1.95. The number of amides is 1. The van der Waals surface area contributed by atoms with Crippen LogP contribution in [-0.2, 0) is 0 Å². The molecule has 0 bridgehead atoms. The van der Waals surface area contributed by atoms with Crippen LogP contribution < -0.4 is 10.2 Å². The van der Waals surface area contributed by atoms with E-state index in [1.54, 1.807) is 18.3 Å². The van der Waals surface area contributed by atoms with E-state index in [1.165, 1.54) is 5.56 Å². The van der Waals surface area contributed by atoms with Crippen molar-refractivity contribution in [2.45, 2.75) is 13.8 Å². The van der Waals surface area contributed by atoms with Gasteiger partial charge in [0.25, 0.3) is 5.91 Å². The van der Waals surface area contributed by atoms with Gasteiger partial charge in [-0.3, -0.25) is 4.79 Å². The lowest BCUT2D eigenvalue weighted by atomic mass is 10.1. The number of hydrogen-bond acceptors (Lipinski definition) is 3. The first-order valence-electron chi connectivity index (χ1n) is 6.50. The molecule has 104 valence electrons. The molecule has 1 aromatic carbocycles. The second kappa shape index (κ2) is 5.74. The maximum absolute atomic E-state index is 12.4. The Hall–Kier alpha value is -2.36. The minimum absolute atomic E-state index is 0.148. The van der Waals surface area contributed by atoms with E-state index in [0.717, 1.165) is 11.3 Å². The minimum Gasteiger partial charge on any atom is -0.362 e. The number of aromatic nitrogens is 1. The quantitative estimate of drug-likeness (QED) is 0.931. The number of carbonyl (C=O) groups is 1. The summed E-state index contributed by atoms with van der Waals surface area (Å²) >= 11 is 0. The van der Waals surface area contributed by atoms with E-state index in [2.05, 4.69) is 10.3 Å². The predicted molar refractivity (Wildman–Crippen MR) is 82.4 cm³/mol. The van der Waals surface area contributed by atoms with Gasteiger partial charge >= 0.3 is 0 Å². The first-order valence-corrected chi connectivity index (χ1v) is 6.50. The zero-order chi connectivity index (χ0) is 14.7. The van der Waals surface area contributed by atoms with E-state index in [9.17, 15) is 4.79 Å². The summed E-state index contributed by atoms with van der Waals surface area (Å²) in [4.78, 5) is 18.4. The maximum atomic E-state index is 12.4. The second-order valence-corrected chi connectivity index (χ2v) is 5.02. The molecular formula is C16H19N3O. The molecule has 0 atom stereocenters. The molecule has 2 aromatic rings. The number of benzene rings is 1. The second-order valence-electron chi connectivity index (χ2n) is 5.02. The molecule has 20 heavy (non-hydrogen) atoms. The molecule has 1 amide bonds. The van der Waals surface area contributed by atoms with Crippen molar-refractivity contribution >= 4 is 17.4 Å². The number of rotatable bonds is 3. The highest BCUT2D eigenvalue weighted by molar-refractivity contribution is 6.07. The fraction of sp³-hybridized carbons (Fsp3) is 0.250. The predicted octanol–water partition coefficient (Wildman–Crippen LogP) is 3.02. The molecule has 0 aliphatic rings. The van der Waals surface area contributed by atoms with E-state index in [1.807, 2.05) is 51.0 Å². The Bertz CT molecular complexity index is 635. The van der Waals surface area contributed by atoms with Crippen LogP contribution in [0.15, 0.2) is 36.5 Å². The number of hydrogen-bond donors (Lipinski definition) is 1. The Morgan fingerprint density at radius 1 is 1.15 bits per heavy atom. The van der Waals surface area contributed by atoms with Crippen molar-refractivity contribution in [1.29, 1.82) is 0 Å². The van der Waals surface area contributed by atoms with Gasteiger partial charge in [0.05, 0.1) is 5.56 Å². The molecule has 0 radical (unpaired) electrons. The van der Waals surface area contributed by atoms with Gasteiger partial charge in [0.2, 0.25) is 0 Å². The molecular weight excluding hydrogens is 250 g/mol. The molecule has 1 N–H and O–H groups in total. The summed E-state index contributed by atoms with van der Waals surface area (Å²) in [6.45, 7) is 4.08. The average molecular weight is 269 g/mol. The van der Waals surface area contributed by atoms with Crippen LogP contribution in [0.1, 0.15) is 21.5 Å². The monoisotopic (exact) mass is 269 g/mol. The zero-order valence-corrected chi connectivity index (χ0v) is 12.3. The standard InChI is InChI=1S/C16H19N3O/c1-11-7-8-13(10-12(11)2)18-16(20)14-6-5-9-17-15(14)19(3)4/h5-10H,1-4H3,(H,18,20). The molecule has 4 heteroatoms. The third kappa shape index (κ3) is 2.96. The molecule has 0 aliphatic carbocycles. The van der Waals surface area contributed by atoms with Gasteiger partial charge in [0.1, 0.15) is 5.82 Å². The molecule has 1 aromatic heterocycles. The van der Waals surface area contributed by atoms with Gasteiger partial charge in [0.15, 0.2) is 0 Å². The summed E-state index contributed by atoms with van der Waals surface area (Å²) in [5.74, 6) is 0.513. The van der Waals surface area contributed by atoms with Crippen LogP contribution in [-0.4, -0.2) is 25.0 Å². The maximum Gasteiger partial charge on any atom is 0.259 e. The van der Waals surface area contributed by atoms with Crippen LogP contribution >= 0.6 is 0 Å².